The molecule has 0 amide bonds. The lowest BCUT2D eigenvalue weighted by Crippen LogP contribution is -1.97. The molecule has 0 radical (unpaired) electrons. The van der Waals surface area contributed by atoms with Crippen LogP contribution in [0.2, 0.25) is 0 Å². The lowest BCUT2D eigenvalue weighted by atomic mass is 10.1. The molecule has 0 saturated heterocycles. The molecule has 0 unspecified atom stereocenters. The molecule has 5 rings (SSSR count). The van der Waals surface area contributed by atoms with Gasteiger partial charge in [-0.2, -0.15) is 0 Å². The van der Waals surface area contributed by atoms with E-state index in [9.17, 15) is 0 Å². The van der Waals surface area contributed by atoms with Gasteiger partial charge in [0, 0.05) is 22.7 Å². The topological polar surface area (TPSA) is 61.5 Å². The second kappa shape index (κ2) is 6.91. The van der Waals surface area contributed by atoms with E-state index < -0.39 is 0 Å². The largest absolute Gasteiger partial charge is 0.497 e. The first kappa shape index (κ1) is 17.2. The van der Waals surface area contributed by atoms with E-state index in [0.717, 1.165) is 50.7 Å². The molecule has 0 atom stereocenters. The summed E-state index contributed by atoms with van der Waals surface area (Å²) in [5, 5.41) is 10.0. The third-order valence-electron chi connectivity index (χ3n) is 4.98. The summed E-state index contributed by atoms with van der Waals surface area (Å²) in [7, 11) is 3.31. The number of aromatic nitrogens is 4. The summed E-state index contributed by atoms with van der Waals surface area (Å²) in [6.07, 6.45) is 1.78. The zero-order chi connectivity index (χ0) is 19.8. The smallest absolute Gasteiger partial charge is 0.170 e. The van der Waals surface area contributed by atoms with Crippen molar-refractivity contribution in [2.45, 2.75) is 0 Å². The molecule has 0 spiro atoms. The molecule has 0 saturated carbocycles. The molecule has 5 aromatic rings. The van der Waals surface area contributed by atoms with Gasteiger partial charge in [-0.15, -0.1) is 10.2 Å². The van der Waals surface area contributed by atoms with Crippen LogP contribution in [0.25, 0.3) is 39.2 Å². The van der Waals surface area contributed by atoms with Crippen LogP contribution in [0.5, 0.6) is 11.5 Å². The highest BCUT2D eigenvalue weighted by atomic mass is 16.5. The van der Waals surface area contributed by atoms with E-state index in [-0.39, 0.29) is 0 Å². The van der Waals surface area contributed by atoms with E-state index in [4.69, 9.17) is 9.47 Å². The van der Waals surface area contributed by atoms with Crippen LogP contribution in [0.3, 0.4) is 0 Å². The van der Waals surface area contributed by atoms with Crippen LogP contribution in [0.15, 0.2) is 72.9 Å². The molecule has 6 heteroatoms. The number of fused-ring (bicyclic) bond motifs is 3. The standard InChI is InChI=1S/C23H18N4O2/c1-28-18-9-5-15(6-10-18)20-14-17-4-3-13-24-21(17)27-22(25-26-23(20)27)16-7-11-19(29-2)12-8-16/h3-14H,1-2H3. The summed E-state index contributed by atoms with van der Waals surface area (Å²) in [5.41, 5.74) is 4.54. The second-order valence-electron chi connectivity index (χ2n) is 6.61. The Hall–Kier alpha value is -3.93. The molecule has 142 valence electrons. The van der Waals surface area contributed by atoms with Gasteiger partial charge in [0.15, 0.2) is 11.5 Å². The monoisotopic (exact) mass is 382 g/mol. The zero-order valence-electron chi connectivity index (χ0n) is 16.0. The van der Waals surface area contributed by atoms with Crippen molar-refractivity contribution in [2.75, 3.05) is 14.2 Å². The van der Waals surface area contributed by atoms with Gasteiger partial charge in [0.2, 0.25) is 0 Å². The first-order valence-corrected chi connectivity index (χ1v) is 9.20. The zero-order valence-corrected chi connectivity index (χ0v) is 16.0. The average Bonchev–Trinajstić information content (AvgIpc) is 3.24. The Bertz CT molecular complexity index is 1310. The normalized spacial score (nSPS) is 11.1. The minimum Gasteiger partial charge on any atom is -0.497 e. The molecule has 29 heavy (non-hydrogen) atoms. The highest BCUT2D eigenvalue weighted by Crippen LogP contribution is 2.32. The van der Waals surface area contributed by atoms with Crippen molar-refractivity contribution in [2.24, 2.45) is 0 Å². The summed E-state index contributed by atoms with van der Waals surface area (Å²) >= 11 is 0. The number of benzene rings is 2. The van der Waals surface area contributed by atoms with Gasteiger partial charge in [-0.3, -0.25) is 4.40 Å². The number of nitrogens with zero attached hydrogens (tertiary/aromatic N) is 4. The lowest BCUT2D eigenvalue weighted by Gasteiger charge is -2.10. The molecule has 0 aliphatic heterocycles. The first-order valence-electron chi connectivity index (χ1n) is 9.20. The fourth-order valence-electron chi connectivity index (χ4n) is 3.50. The number of hydrogen-bond donors (Lipinski definition) is 0. The van der Waals surface area contributed by atoms with Crippen molar-refractivity contribution in [3.63, 3.8) is 0 Å². The van der Waals surface area contributed by atoms with Gasteiger partial charge < -0.3 is 9.47 Å². The van der Waals surface area contributed by atoms with Crippen molar-refractivity contribution in [1.82, 2.24) is 19.6 Å². The molecule has 0 fully saturated rings. The summed E-state index contributed by atoms with van der Waals surface area (Å²) in [4.78, 5) is 4.60. The van der Waals surface area contributed by atoms with E-state index in [0.29, 0.717) is 0 Å². The number of pyridine rings is 2. The molecular weight excluding hydrogens is 364 g/mol. The SMILES string of the molecule is COc1ccc(-c2cc3cccnc3n3c(-c4ccc(OC)cc4)nnc23)cc1. The van der Waals surface area contributed by atoms with Crippen molar-refractivity contribution < 1.29 is 9.47 Å². The van der Waals surface area contributed by atoms with E-state index in [2.05, 4.69) is 21.2 Å². The Morgan fingerprint density at radius 2 is 1.38 bits per heavy atom. The van der Waals surface area contributed by atoms with Crippen LogP contribution < -0.4 is 9.47 Å². The number of methoxy groups -OCH3 is 2. The molecule has 0 N–H and O–H groups in total. The van der Waals surface area contributed by atoms with Crippen LogP contribution in [-0.2, 0) is 0 Å². The minimum absolute atomic E-state index is 0.738. The number of rotatable bonds is 4. The lowest BCUT2D eigenvalue weighted by molar-refractivity contribution is 0.415. The highest BCUT2D eigenvalue weighted by Gasteiger charge is 2.17. The van der Waals surface area contributed by atoms with E-state index in [1.165, 1.54) is 0 Å². The van der Waals surface area contributed by atoms with Gasteiger partial charge >= 0.3 is 0 Å². The first-order chi connectivity index (χ1) is 14.3. The summed E-state index contributed by atoms with van der Waals surface area (Å²) in [5.74, 6) is 2.35. The van der Waals surface area contributed by atoms with Gasteiger partial charge in [-0.05, 0) is 60.2 Å². The maximum atomic E-state index is 5.29. The maximum Gasteiger partial charge on any atom is 0.170 e. The van der Waals surface area contributed by atoms with E-state index in [1.54, 1.807) is 20.4 Å². The van der Waals surface area contributed by atoms with Crippen LogP contribution in [-0.4, -0.2) is 33.8 Å². The summed E-state index contributed by atoms with van der Waals surface area (Å²) in [6, 6.07) is 21.8. The molecule has 3 aromatic heterocycles. The molecule has 0 aliphatic carbocycles. The molecule has 2 aromatic carbocycles. The van der Waals surface area contributed by atoms with Gasteiger partial charge in [0.25, 0.3) is 0 Å². The maximum absolute atomic E-state index is 5.29. The number of ether oxygens (including phenoxy) is 2. The van der Waals surface area contributed by atoms with Crippen LogP contribution in [0, 0.1) is 0 Å². The minimum atomic E-state index is 0.738. The Morgan fingerprint density at radius 3 is 2.03 bits per heavy atom. The van der Waals surface area contributed by atoms with Crippen LogP contribution in [0.1, 0.15) is 0 Å². The Kier molecular flexibility index (Phi) is 4.09. The fourth-order valence-corrected chi connectivity index (χ4v) is 3.50. The molecule has 3 heterocycles. The van der Waals surface area contributed by atoms with Gasteiger partial charge in [0.1, 0.15) is 17.1 Å². The van der Waals surface area contributed by atoms with Gasteiger partial charge in [0.05, 0.1) is 14.2 Å². The Labute approximate surface area is 167 Å². The fraction of sp³-hybridized carbons (Fsp3) is 0.0870. The van der Waals surface area contributed by atoms with Crippen molar-refractivity contribution >= 4 is 16.7 Å². The Balaban J connectivity index is 1.79. The molecule has 0 bridgehead atoms. The predicted octanol–water partition coefficient (Wildman–Crippen LogP) is 4.63. The van der Waals surface area contributed by atoms with Gasteiger partial charge in [-0.25, -0.2) is 4.98 Å². The molecule has 6 nitrogen and oxygen atoms in total. The average molecular weight is 382 g/mol. The Morgan fingerprint density at radius 1 is 0.724 bits per heavy atom. The quantitative estimate of drug-likeness (QED) is 0.454. The third-order valence-corrected chi connectivity index (χ3v) is 4.98. The van der Waals surface area contributed by atoms with Crippen LogP contribution >= 0.6 is 0 Å². The molecular formula is C23H18N4O2. The third kappa shape index (κ3) is 2.86. The summed E-state index contributed by atoms with van der Waals surface area (Å²) in [6.45, 7) is 0. The van der Waals surface area contributed by atoms with E-state index in [1.807, 2.05) is 65.1 Å². The molecule has 0 aliphatic rings. The second-order valence-corrected chi connectivity index (χ2v) is 6.61. The summed E-state index contributed by atoms with van der Waals surface area (Å²) < 4.78 is 12.6. The van der Waals surface area contributed by atoms with Crippen LogP contribution in [0.4, 0.5) is 0 Å². The van der Waals surface area contributed by atoms with Crippen molar-refractivity contribution in [3.8, 4) is 34.0 Å². The predicted molar refractivity (Wildman–Crippen MR) is 112 cm³/mol. The van der Waals surface area contributed by atoms with Gasteiger partial charge in [-0.1, -0.05) is 12.1 Å². The highest BCUT2D eigenvalue weighted by molar-refractivity contribution is 5.91. The van der Waals surface area contributed by atoms with Crippen molar-refractivity contribution in [3.05, 3.63) is 72.9 Å². The number of hydrogen-bond acceptors (Lipinski definition) is 5. The van der Waals surface area contributed by atoms with Crippen molar-refractivity contribution in [1.29, 1.82) is 0 Å². The van der Waals surface area contributed by atoms with E-state index >= 15 is 0 Å².